The van der Waals surface area contributed by atoms with Crippen LogP contribution in [0.3, 0.4) is 0 Å². The highest BCUT2D eigenvalue weighted by Gasteiger charge is 2.19. The number of carbonyl (C=O) groups is 2. The average Bonchev–Trinajstić information content (AvgIpc) is 3.49. The first-order chi connectivity index (χ1) is 18.9. The van der Waals surface area contributed by atoms with Gasteiger partial charge in [-0.25, -0.2) is 0 Å². The van der Waals surface area contributed by atoms with Crippen molar-refractivity contribution in [2.24, 2.45) is 0 Å². The minimum atomic E-state index is -2.09. The van der Waals surface area contributed by atoms with E-state index in [4.69, 9.17) is 12.6 Å². The molecule has 0 unspecified atom stereocenters. The maximum absolute atomic E-state index is 13.9. The van der Waals surface area contributed by atoms with E-state index in [0.717, 1.165) is 17.5 Å². The quantitative estimate of drug-likeness (QED) is 0.190. The van der Waals surface area contributed by atoms with Crippen molar-refractivity contribution < 1.29 is 22.2 Å². The summed E-state index contributed by atoms with van der Waals surface area (Å²) >= 11 is 1.60. The van der Waals surface area contributed by atoms with E-state index in [-0.39, 0.29) is 13.0 Å². The maximum atomic E-state index is 13.9. The fourth-order valence-corrected chi connectivity index (χ4v) is 4.57. The minimum Gasteiger partial charge on any atom is -0.493 e. The van der Waals surface area contributed by atoms with Gasteiger partial charge in [-0.3, -0.25) is 9.59 Å². The van der Waals surface area contributed by atoms with Gasteiger partial charge in [0.2, 0.25) is 0 Å². The third kappa shape index (κ3) is 7.79. The molecular weight excluding hydrogens is 482 g/mol. The first-order valence-corrected chi connectivity index (χ1v) is 13.2. The van der Waals surface area contributed by atoms with Gasteiger partial charge in [-0.2, -0.15) is 11.3 Å². The first-order valence-electron chi connectivity index (χ1n) is 13.3. The highest BCUT2D eigenvalue weighted by atomic mass is 32.1. The van der Waals surface area contributed by atoms with Crippen LogP contribution in [0.5, 0.6) is 5.75 Å². The van der Waals surface area contributed by atoms with E-state index in [9.17, 15) is 9.59 Å². The van der Waals surface area contributed by atoms with E-state index in [2.05, 4.69) is 0 Å². The summed E-state index contributed by atoms with van der Waals surface area (Å²) in [6.07, 6.45) is 2.16. The molecule has 0 aliphatic carbocycles. The molecule has 0 aliphatic heterocycles. The third-order valence-corrected chi connectivity index (χ3v) is 6.55. The zero-order chi connectivity index (χ0) is 27.7. The van der Waals surface area contributed by atoms with Crippen LogP contribution in [0.1, 0.15) is 49.9 Å². The molecule has 4 rings (SSSR count). The third-order valence-electron chi connectivity index (χ3n) is 5.86. The molecular formula is C31H31NO4S. The van der Waals surface area contributed by atoms with Gasteiger partial charge in [0.25, 0.3) is 5.91 Å². The number of hydrogen-bond donors (Lipinski definition) is 1. The molecule has 0 aliphatic rings. The van der Waals surface area contributed by atoms with Gasteiger partial charge in [0.1, 0.15) is 5.75 Å². The fourth-order valence-electron chi connectivity index (χ4n) is 3.90. The van der Waals surface area contributed by atoms with E-state index in [1.54, 1.807) is 47.7 Å². The van der Waals surface area contributed by atoms with E-state index in [1.165, 1.54) is 4.90 Å². The fraction of sp³-hybridized carbons (Fsp3) is 0.226. The Labute approximate surface area is 224 Å². The number of carbonyl (C=O) groups excluding carboxylic acids is 1. The topological polar surface area (TPSA) is 66.8 Å². The number of carboxylic acids is 1. The van der Waals surface area contributed by atoms with Crippen LogP contribution < -0.4 is 4.74 Å². The zero-order valence-electron chi connectivity index (χ0n) is 22.5. The summed E-state index contributed by atoms with van der Waals surface area (Å²) in [7, 11) is 0. The van der Waals surface area contributed by atoms with E-state index in [0.29, 0.717) is 41.9 Å². The van der Waals surface area contributed by atoms with Gasteiger partial charge < -0.3 is 14.7 Å². The Hall–Kier alpha value is -3.90. The summed E-state index contributed by atoms with van der Waals surface area (Å²) < 4.78 is 24.0. The minimum absolute atomic E-state index is 0.00218. The summed E-state index contributed by atoms with van der Waals surface area (Å²) in [6, 6.07) is 25.3. The van der Waals surface area contributed by atoms with Crippen LogP contribution >= 0.6 is 11.3 Å². The molecule has 0 fully saturated rings. The van der Waals surface area contributed by atoms with E-state index in [1.807, 2.05) is 59.3 Å². The smallest absolute Gasteiger partial charge is 0.303 e. The number of benzene rings is 3. The number of carboxylic acid groups (broad SMARTS) is 1. The summed E-state index contributed by atoms with van der Waals surface area (Å²) in [4.78, 5) is 25.8. The highest BCUT2D eigenvalue weighted by Crippen LogP contribution is 2.25. The predicted octanol–water partition coefficient (Wildman–Crippen LogP) is 7.28. The van der Waals surface area contributed by atoms with Gasteiger partial charge in [0.05, 0.1) is 9.35 Å². The number of rotatable bonds is 13. The number of hydrogen-bond acceptors (Lipinski definition) is 4. The van der Waals surface area contributed by atoms with Crippen molar-refractivity contribution in [2.75, 3.05) is 6.61 Å². The number of aliphatic carboxylic acids is 1. The molecule has 0 saturated carbocycles. The van der Waals surface area contributed by atoms with Crippen LogP contribution in [0.15, 0.2) is 95.7 Å². The molecule has 4 aromatic rings. The van der Waals surface area contributed by atoms with Crippen molar-refractivity contribution in [1.29, 1.82) is 0 Å². The van der Waals surface area contributed by atoms with Crippen molar-refractivity contribution in [3.05, 3.63) is 112 Å². The lowest BCUT2D eigenvalue weighted by molar-refractivity contribution is -0.137. The molecule has 3 aromatic carbocycles. The summed E-state index contributed by atoms with van der Waals surface area (Å²) in [5.41, 5.74) is 3.53. The average molecular weight is 516 g/mol. The van der Waals surface area contributed by atoms with Crippen molar-refractivity contribution in [3.8, 4) is 16.9 Å². The summed E-state index contributed by atoms with van der Waals surface area (Å²) in [6.45, 7) is -1.68. The summed E-state index contributed by atoms with van der Waals surface area (Å²) in [5.74, 6) is -0.658. The number of para-hydroxylation sites is 1. The second kappa shape index (κ2) is 13.4. The van der Waals surface area contributed by atoms with Crippen molar-refractivity contribution in [1.82, 2.24) is 4.90 Å². The lowest BCUT2D eigenvalue weighted by Crippen LogP contribution is -2.30. The van der Waals surface area contributed by atoms with Crippen LogP contribution in [0.2, 0.25) is 0 Å². The van der Waals surface area contributed by atoms with E-state index >= 15 is 0 Å². The largest absolute Gasteiger partial charge is 0.493 e. The predicted molar refractivity (Wildman–Crippen MR) is 148 cm³/mol. The highest BCUT2D eigenvalue weighted by molar-refractivity contribution is 7.08. The molecule has 6 heteroatoms. The van der Waals surface area contributed by atoms with E-state index < -0.39 is 18.4 Å². The Balaban J connectivity index is 1.57. The molecule has 1 aromatic heterocycles. The van der Waals surface area contributed by atoms with Gasteiger partial charge in [0, 0.05) is 30.6 Å². The zero-order valence-corrected chi connectivity index (χ0v) is 21.3. The molecule has 0 bridgehead atoms. The van der Waals surface area contributed by atoms with Gasteiger partial charge in [-0.05, 0) is 71.0 Å². The van der Waals surface area contributed by atoms with Crippen LogP contribution in [0, 0.1) is 0 Å². The summed E-state index contributed by atoms with van der Waals surface area (Å²) in [5, 5.41) is 12.8. The van der Waals surface area contributed by atoms with Crippen LogP contribution in [-0.2, 0) is 17.8 Å². The molecule has 190 valence electrons. The van der Waals surface area contributed by atoms with Gasteiger partial charge in [-0.1, -0.05) is 60.7 Å². The van der Waals surface area contributed by atoms with Crippen molar-refractivity contribution in [3.63, 3.8) is 0 Å². The number of ether oxygens (including phenoxy) is 1. The molecule has 0 atom stereocenters. The Morgan fingerprint density at radius 1 is 0.865 bits per heavy atom. The Morgan fingerprint density at radius 3 is 2.35 bits per heavy atom. The Kier molecular flexibility index (Phi) is 8.52. The van der Waals surface area contributed by atoms with Gasteiger partial charge in [-0.15, -0.1) is 0 Å². The standard InChI is InChI=1S/C31H31NO4S/c33-30(34)13-5-2-8-19-36-29-12-7-6-11-27(29)22-32(21-24-9-3-1-4-10-24)31(35)26-16-14-25(15-17-26)28-18-20-37-23-28/h1,3-4,6-7,9-12,14-18,20,23H,2,5,8,13,19,21-22H2,(H,33,34)/i21D2. The normalized spacial score (nSPS) is 11.9. The van der Waals surface area contributed by atoms with Gasteiger partial charge >= 0.3 is 5.97 Å². The van der Waals surface area contributed by atoms with Crippen molar-refractivity contribution >= 4 is 23.2 Å². The Bertz CT molecular complexity index is 1360. The molecule has 0 saturated heterocycles. The van der Waals surface area contributed by atoms with Crippen LogP contribution in [-0.4, -0.2) is 28.5 Å². The Morgan fingerprint density at radius 2 is 1.62 bits per heavy atom. The molecule has 0 spiro atoms. The van der Waals surface area contributed by atoms with Gasteiger partial charge in [0.15, 0.2) is 0 Å². The van der Waals surface area contributed by atoms with Crippen molar-refractivity contribution in [2.45, 2.75) is 38.7 Å². The van der Waals surface area contributed by atoms with Crippen LogP contribution in [0.25, 0.3) is 11.1 Å². The molecule has 1 amide bonds. The number of thiophene rings is 1. The first kappa shape index (κ1) is 23.5. The molecule has 5 nitrogen and oxygen atoms in total. The SMILES string of the molecule is [2H]C([2H])(c1ccccc1)N(Cc1ccccc1OCCCCCC(=O)O)C(=O)c1ccc(-c2ccsc2)cc1. The number of amides is 1. The molecule has 1 heterocycles. The lowest BCUT2D eigenvalue weighted by atomic mass is 10.1. The number of nitrogens with zero attached hydrogens (tertiary/aromatic N) is 1. The molecule has 37 heavy (non-hydrogen) atoms. The second-order valence-electron chi connectivity index (χ2n) is 8.62. The monoisotopic (exact) mass is 515 g/mol. The second-order valence-corrected chi connectivity index (χ2v) is 9.40. The van der Waals surface area contributed by atoms with Crippen LogP contribution in [0.4, 0.5) is 0 Å². The maximum Gasteiger partial charge on any atom is 0.303 e. The number of unbranched alkanes of at least 4 members (excludes halogenated alkanes) is 2. The molecule has 1 N–H and O–H groups in total. The lowest BCUT2D eigenvalue weighted by Gasteiger charge is -2.24. The molecule has 0 radical (unpaired) electrons.